The molecular formula is C14H22N2O2S. The van der Waals surface area contributed by atoms with Crippen molar-refractivity contribution in [1.82, 2.24) is 10.0 Å². The molecule has 1 saturated heterocycles. The molecule has 2 N–H and O–H groups in total. The summed E-state index contributed by atoms with van der Waals surface area (Å²) in [5.41, 5.74) is 1.15. The van der Waals surface area contributed by atoms with Gasteiger partial charge in [-0.15, -0.1) is 0 Å². The fraction of sp³-hybridized carbons (Fsp3) is 0.571. The van der Waals surface area contributed by atoms with Crippen LogP contribution in [0.1, 0.15) is 38.2 Å². The van der Waals surface area contributed by atoms with Crippen molar-refractivity contribution in [3.8, 4) is 0 Å². The van der Waals surface area contributed by atoms with E-state index in [0.29, 0.717) is 10.8 Å². The minimum absolute atomic E-state index is 0.0519. The summed E-state index contributed by atoms with van der Waals surface area (Å²) in [6, 6.07) is 7.22. The van der Waals surface area contributed by atoms with E-state index in [1.807, 2.05) is 12.1 Å². The molecule has 0 saturated carbocycles. The van der Waals surface area contributed by atoms with E-state index in [1.54, 1.807) is 12.1 Å². The number of hydrogen-bond donors (Lipinski definition) is 2. The second-order valence-electron chi connectivity index (χ2n) is 5.37. The fourth-order valence-electron chi connectivity index (χ4n) is 2.26. The smallest absolute Gasteiger partial charge is 0.240 e. The SMILES string of the molecule is CC(C)c1ccc(S(=O)(=O)NC2CCNCC2)cc1. The van der Waals surface area contributed by atoms with Gasteiger partial charge in [-0.3, -0.25) is 0 Å². The van der Waals surface area contributed by atoms with Gasteiger partial charge in [-0.1, -0.05) is 26.0 Å². The first kappa shape index (κ1) is 14.5. The van der Waals surface area contributed by atoms with Crippen LogP contribution < -0.4 is 10.0 Å². The lowest BCUT2D eigenvalue weighted by atomic mass is 10.0. The first-order chi connectivity index (χ1) is 8.99. The van der Waals surface area contributed by atoms with Crippen molar-refractivity contribution in [3.63, 3.8) is 0 Å². The molecule has 2 rings (SSSR count). The third-order valence-electron chi connectivity index (χ3n) is 3.52. The van der Waals surface area contributed by atoms with Crippen molar-refractivity contribution in [1.29, 1.82) is 0 Å². The van der Waals surface area contributed by atoms with Crippen LogP contribution in [0.15, 0.2) is 29.2 Å². The number of nitrogens with one attached hydrogen (secondary N) is 2. The highest BCUT2D eigenvalue weighted by atomic mass is 32.2. The second kappa shape index (κ2) is 6.03. The summed E-state index contributed by atoms with van der Waals surface area (Å²) in [7, 11) is -3.38. The van der Waals surface area contributed by atoms with Gasteiger partial charge >= 0.3 is 0 Å². The maximum absolute atomic E-state index is 12.3. The highest BCUT2D eigenvalue weighted by Crippen LogP contribution is 2.18. The van der Waals surface area contributed by atoms with E-state index in [2.05, 4.69) is 23.9 Å². The van der Waals surface area contributed by atoms with Gasteiger partial charge in [0.2, 0.25) is 10.0 Å². The summed E-state index contributed by atoms with van der Waals surface area (Å²) in [6.07, 6.45) is 1.70. The summed E-state index contributed by atoms with van der Waals surface area (Å²) in [4.78, 5) is 0.357. The molecular weight excluding hydrogens is 260 g/mol. The lowest BCUT2D eigenvalue weighted by Crippen LogP contribution is -2.42. The fourth-order valence-corrected chi connectivity index (χ4v) is 3.56. The highest BCUT2D eigenvalue weighted by Gasteiger charge is 2.21. The molecule has 0 bridgehead atoms. The summed E-state index contributed by atoms with van der Waals surface area (Å²) < 4.78 is 27.3. The van der Waals surface area contributed by atoms with Crippen LogP contribution in [0.4, 0.5) is 0 Å². The molecule has 0 aromatic heterocycles. The number of piperidine rings is 1. The average Bonchev–Trinajstić information content (AvgIpc) is 2.39. The summed E-state index contributed by atoms with van der Waals surface area (Å²) in [5, 5.41) is 3.23. The molecule has 19 heavy (non-hydrogen) atoms. The molecule has 1 aromatic rings. The number of rotatable bonds is 4. The van der Waals surface area contributed by atoms with Gasteiger partial charge in [-0.05, 0) is 49.5 Å². The van der Waals surface area contributed by atoms with Gasteiger partial charge in [0.15, 0.2) is 0 Å². The molecule has 1 heterocycles. The minimum atomic E-state index is -3.38. The molecule has 4 nitrogen and oxygen atoms in total. The normalized spacial score (nSPS) is 17.8. The van der Waals surface area contributed by atoms with E-state index < -0.39 is 10.0 Å². The molecule has 0 unspecified atom stereocenters. The van der Waals surface area contributed by atoms with E-state index >= 15 is 0 Å². The van der Waals surface area contributed by atoms with Gasteiger partial charge in [-0.25, -0.2) is 13.1 Å². The molecule has 0 amide bonds. The Balaban J connectivity index is 2.10. The maximum Gasteiger partial charge on any atom is 0.240 e. The summed E-state index contributed by atoms with van der Waals surface area (Å²) >= 11 is 0. The largest absolute Gasteiger partial charge is 0.317 e. The van der Waals surface area contributed by atoms with Gasteiger partial charge in [-0.2, -0.15) is 0 Å². The summed E-state index contributed by atoms with van der Waals surface area (Å²) in [5.74, 6) is 0.411. The molecule has 0 spiro atoms. The van der Waals surface area contributed by atoms with Crippen molar-refractivity contribution < 1.29 is 8.42 Å². The molecule has 1 aliphatic heterocycles. The van der Waals surface area contributed by atoms with Crippen LogP contribution >= 0.6 is 0 Å². The molecule has 0 atom stereocenters. The lowest BCUT2D eigenvalue weighted by molar-refractivity contribution is 0.427. The Morgan fingerprint density at radius 2 is 1.74 bits per heavy atom. The summed E-state index contributed by atoms with van der Waals surface area (Å²) in [6.45, 7) is 5.94. The molecule has 1 aromatic carbocycles. The Hall–Kier alpha value is -0.910. The predicted molar refractivity (Wildman–Crippen MR) is 76.7 cm³/mol. The van der Waals surface area contributed by atoms with Crippen LogP contribution in [0.5, 0.6) is 0 Å². The van der Waals surface area contributed by atoms with E-state index in [4.69, 9.17) is 0 Å². The van der Waals surface area contributed by atoms with Gasteiger partial charge in [0.25, 0.3) is 0 Å². The number of sulfonamides is 1. The Morgan fingerprint density at radius 3 is 2.26 bits per heavy atom. The Morgan fingerprint density at radius 1 is 1.16 bits per heavy atom. The predicted octanol–water partition coefficient (Wildman–Crippen LogP) is 1.84. The minimum Gasteiger partial charge on any atom is -0.317 e. The monoisotopic (exact) mass is 282 g/mol. The van der Waals surface area contributed by atoms with E-state index in [-0.39, 0.29) is 6.04 Å². The molecule has 106 valence electrons. The van der Waals surface area contributed by atoms with Gasteiger partial charge in [0.05, 0.1) is 4.90 Å². The van der Waals surface area contributed by atoms with Crippen LogP contribution in [0.3, 0.4) is 0 Å². The van der Waals surface area contributed by atoms with Crippen molar-refractivity contribution in [2.45, 2.75) is 43.5 Å². The molecule has 1 fully saturated rings. The maximum atomic E-state index is 12.3. The molecule has 0 aliphatic carbocycles. The van der Waals surface area contributed by atoms with Gasteiger partial charge in [0.1, 0.15) is 0 Å². The Bertz CT molecular complexity index is 503. The Labute approximate surface area is 115 Å². The van der Waals surface area contributed by atoms with Gasteiger partial charge < -0.3 is 5.32 Å². The van der Waals surface area contributed by atoms with Crippen molar-refractivity contribution in [3.05, 3.63) is 29.8 Å². The molecule has 5 heteroatoms. The van der Waals surface area contributed by atoms with Crippen molar-refractivity contribution >= 4 is 10.0 Å². The van der Waals surface area contributed by atoms with Crippen LogP contribution in [-0.2, 0) is 10.0 Å². The van der Waals surface area contributed by atoms with Crippen molar-refractivity contribution in [2.75, 3.05) is 13.1 Å². The second-order valence-corrected chi connectivity index (χ2v) is 7.08. The highest BCUT2D eigenvalue weighted by molar-refractivity contribution is 7.89. The van der Waals surface area contributed by atoms with E-state index in [0.717, 1.165) is 31.5 Å². The standard InChI is InChI=1S/C14H22N2O2S/c1-11(2)12-3-5-14(6-4-12)19(17,18)16-13-7-9-15-10-8-13/h3-6,11,13,15-16H,7-10H2,1-2H3. The zero-order valence-corrected chi connectivity index (χ0v) is 12.3. The van der Waals surface area contributed by atoms with E-state index in [1.165, 1.54) is 0 Å². The van der Waals surface area contributed by atoms with Gasteiger partial charge in [0, 0.05) is 6.04 Å². The quantitative estimate of drug-likeness (QED) is 0.886. The molecule has 1 aliphatic rings. The van der Waals surface area contributed by atoms with E-state index in [9.17, 15) is 8.42 Å². The van der Waals surface area contributed by atoms with Crippen LogP contribution in [0.2, 0.25) is 0 Å². The zero-order chi connectivity index (χ0) is 13.9. The molecule has 0 radical (unpaired) electrons. The first-order valence-electron chi connectivity index (χ1n) is 6.82. The third kappa shape index (κ3) is 3.78. The zero-order valence-electron chi connectivity index (χ0n) is 11.5. The Kier molecular flexibility index (Phi) is 4.60. The average molecular weight is 282 g/mol. The van der Waals surface area contributed by atoms with Crippen LogP contribution in [0, 0.1) is 0 Å². The first-order valence-corrected chi connectivity index (χ1v) is 8.30. The van der Waals surface area contributed by atoms with Crippen molar-refractivity contribution in [2.24, 2.45) is 0 Å². The number of benzene rings is 1. The third-order valence-corrected chi connectivity index (χ3v) is 5.05. The number of hydrogen-bond acceptors (Lipinski definition) is 3. The van der Waals surface area contributed by atoms with Crippen LogP contribution in [-0.4, -0.2) is 27.5 Å². The lowest BCUT2D eigenvalue weighted by Gasteiger charge is -2.23. The topological polar surface area (TPSA) is 58.2 Å². The van der Waals surface area contributed by atoms with Crippen LogP contribution in [0.25, 0.3) is 0 Å².